The lowest BCUT2D eigenvalue weighted by molar-refractivity contribution is -0.162. The molecule has 1 heterocycles. The van der Waals surface area contributed by atoms with Crippen LogP contribution in [0.2, 0.25) is 0 Å². The van der Waals surface area contributed by atoms with Gasteiger partial charge < -0.3 is 4.74 Å². The highest BCUT2D eigenvalue weighted by Gasteiger charge is 2.32. The summed E-state index contributed by atoms with van der Waals surface area (Å²) in [6.07, 6.45) is 5.86. The Balaban J connectivity index is 1.64. The molecule has 0 aromatic heterocycles. The maximum Gasteiger partial charge on any atom is 0.309 e. The predicted molar refractivity (Wildman–Crippen MR) is 58.6 cm³/mol. The average Bonchev–Trinajstić information content (AvgIpc) is 2.67. The summed E-state index contributed by atoms with van der Waals surface area (Å²) < 4.78 is 5.47. The van der Waals surface area contributed by atoms with E-state index >= 15 is 0 Å². The summed E-state index contributed by atoms with van der Waals surface area (Å²) in [4.78, 5) is 14.0. The number of hydrogen-bond donors (Lipinski definition) is 0. The van der Waals surface area contributed by atoms with Crippen molar-refractivity contribution < 1.29 is 9.53 Å². The van der Waals surface area contributed by atoms with Crippen LogP contribution in [0.5, 0.6) is 0 Å². The van der Waals surface area contributed by atoms with Gasteiger partial charge in [0.2, 0.25) is 0 Å². The third-order valence-corrected chi connectivity index (χ3v) is 3.43. The summed E-state index contributed by atoms with van der Waals surface area (Å²) in [6.45, 7) is 5.22. The molecule has 2 rings (SSSR count). The molecule has 0 N–H and O–H groups in total. The monoisotopic (exact) mass is 211 g/mol. The highest BCUT2D eigenvalue weighted by Crippen LogP contribution is 2.27. The van der Waals surface area contributed by atoms with Gasteiger partial charge in [0, 0.05) is 13.1 Å². The van der Waals surface area contributed by atoms with Gasteiger partial charge in [0.25, 0.3) is 0 Å². The molecule has 0 atom stereocenters. The lowest BCUT2D eigenvalue weighted by Crippen LogP contribution is -2.53. The normalized spacial score (nSPS) is 24.1. The van der Waals surface area contributed by atoms with E-state index in [-0.39, 0.29) is 18.0 Å². The van der Waals surface area contributed by atoms with E-state index in [0.29, 0.717) is 0 Å². The van der Waals surface area contributed by atoms with Crippen molar-refractivity contribution in [3.63, 3.8) is 0 Å². The smallest absolute Gasteiger partial charge is 0.309 e. The molecule has 1 aliphatic heterocycles. The van der Waals surface area contributed by atoms with Crippen molar-refractivity contribution in [2.45, 2.75) is 45.1 Å². The quantitative estimate of drug-likeness (QED) is 0.664. The van der Waals surface area contributed by atoms with Gasteiger partial charge in [-0.25, -0.2) is 0 Å². The summed E-state index contributed by atoms with van der Waals surface area (Å²) >= 11 is 0. The Morgan fingerprint density at radius 2 is 2.00 bits per heavy atom. The molecule has 0 unspecified atom stereocenters. The molecular formula is C12H21NO2. The molecule has 15 heavy (non-hydrogen) atoms. The zero-order chi connectivity index (χ0) is 10.7. The Hall–Kier alpha value is -0.570. The summed E-state index contributed by atoms with van der Waals surface area (Å²) in [5.41, 5.74) is 0. The molecule has 1 saturated carbocycles. The minimum absolute atomic E-state index is 0.0636. The van der Waals surface area contributed by atoms with Crippen LogP contribution < -0.4 is 0 Å². The second-order valence-electron chi connectivity index (χ2n) is 4.80. The lowest BCUT2D eigenvalue weighted by atomic mass is 10.1. The highest BCUT2D eigenvalue weighted by atomic mass is 16.5. The van der Waals surface area contributed by atoms with Crippen LogP contribution >= 0.6 is 0 Å². The standard InChI is InChI=1S/C12H21NO2/c1-2-7-13-8-11(9-13)15-12(14)10-5-3-4-6-10/h10-11H,2-9H2,1H3. The second kappa shape index (κ2) is 4.97. The summed E-state index contributed by atoms with van der Waals surface area (Å²) in [7, 11) is 0. The summed E-state index contributed by atoms with van der Waals surface area (Å²) in [6, 6.07) is 0. The van der Waals surface area contributed by atoms with E-state index in [1.54, 1.807) is 0 Å². The van der Waals surface area contributed by atoms with E-state index in [9.17, 15) is 4.79 Å². The van der Waals surface area contributed by atoms with Crippen LogP contribution in [-0.4, -0.2) is 36.6 Å². The van der Waals surface area contributed by atoms with Crippen LogP contribution in [0.25, 0.3) is 0 Å². The Labute approximate surface area is 91.8 Å². The fourth-order valence-electron chi connectivity index (χ4n) is 2.52. The zero-order valence-electron chi connectivity index (χ0n) is 9.58. The molecule has 0 bridgehead atoms. The van der Waals surface area contributed by atoms with Crippen molar-refractivity contribution in [1.29, 1.82) is 0 Å². The Morgan fingerprint density at radius 3 is 2.60 bits per heavy atom. The molecule has 1 aliphatic carbocycles. The number of ether oxygens (including phenoxy) is 1. The maximum absolute atomic E-state index is 11.7. The average molecular weight is 211 g/mol. The minimum atomic E-state index is 0.0636. The number of nitrogens with zero attached hydrogens (tertiary/aromatic N) is 1. The molecule has 1 saturated heterocycles. The molecule has 3 heteroatoms. The molecular weight excluding hydrogens is 190 g/mol. The lowest BCUT2D eigenvalue weighted by Gasteiger charge is -2.38. The Bertz CT molecular complexity index is 218. The molecule has 0 amide bonds. The van der Waals surface area contributed by atoms with Crippen molar-refractivity contribution in [3.05, 3.63) is 0 Å². The first-order valence-corrected chi connectivity index (χ1v) is 6.22. The third-order valence-electron chi connectivity index (χ3n) is 3.43. The maximum atomic E-state index is 11.7. The van der Waals surface area contributed by atoms with E-state index in [1.807, 2.05) is 0 Å². The first-order valence-electron chi connectivity index (χ1n) is 6.22. The molecule has 86 valence electrons. The first kappa shape index (κ1) is 10.9. The van der Waals surface area contributed by atoms with Crippen molar-refractivity contribution in [3.8, 4) is 0 Å². The van der Waals surface area contributed by atoms with Crippen molar-refractivity contribution in [2.24, 2.45) is 5.92 Å². The van der Waals surface area contributed by atoms with Crippen molar-refractivity contribution in [1.82, 2.24) is 4.90 Å². The van der Waals surface area contributed by atoms with Crippen LogP contribution in [0.1, 0.15) is 39.0 Å². The number of carbonyl (C=O) groups is 1. The predicted octanol–water partition coefficient (Wildman–Crippen LogP) is 1.81. The van der Waals surface area contributed by atoms with Gasteiger partial charge in [-0.1, -0.05) is 19.8 Å². The molecule has 3 nitrogen and oxygen atoms in total. The SMILES string of the molecule is CCCN1CC(OC(=O)C2CCCC2)C1. The van der Waals surface area contributed by atoms with Gasteiger partial charge in [-0.15, -0.1) is 0 Å². The van der Waals surface area contributed by atoms with Gasteiger partial charge in [0.05, 0.1) is 5.92 Å². The third kappa shape index (κ3) is 2.71. The second-order valence-corrected chi connectivity index (χ2v) is 4.80. The van der Waals surface area contributed by atoms with Gasteiger partial charge in [0.1, 0.15) is 6.10 Å². The Morgan fingerprint density at radius 1 is 1.33 bits per heavy atom. The zero-order valence-corrected chi connectivity index (χ0v) is 9.58. The fraction of sp³-hybridized carbons (Fsp3) is 0.917. The number of hydrogen-bond acceptors (Lipinski definition) is 3. The van der Waals surface area contributed by atoms with Crippen LogP contribution in [0.15, 0.2) is 0 Å². The van der Waals surface area contributed by atoms with Crippen molar-refractivity contribution >= 4 is 5.97 Å². The molecule has 0 spiro atoms. The minimum Gasteiger partial charge on any atom is -0.459 e. The fourth-order valence-corrected chi connectivity index (χ4v) is 2.52. The van der Waals surface area contributed by atoms with Crippen LogP contribution in [0, 0.1) is 5.92 Å². The largest absolute Gasteiger partial charge is 0.459 e. The van der Waals surface area contributed by atoms with Crippen LogP contribution in [0.3, 0.4) is 0 Å². The van der Waals surface area contributed by atoms with E-state index in [0.717, 1.165) is 32.5 Å². The van der Waals surface area contributed by atoms with Crippen molar-refractivity contribution in [2.75, 3.05) is 19.6 Å². The molecule has 0 radical (unpaired) electrons. The van der Waals surface area contributed by atoms with E-state index in [4.69, 9.17) is 4.74 Å². The summed E-state index contributed by atoms with van der Waals surface area (Å²) in [5.74, 6) is 0.277. The van der Waals surface area contributed by atoms with Gasteiger partial charge in [0.15, 0.2) is 0 Å². The molecule has 2 aliphatic rings. The van der Waals surface area contributed by atoms with Crippen LogP contribution in [-0.2, 0) is 9.53 Å². The topological polar surface area (TPSA) is 29.5 Å². The first-order chi connectivity index (χ1) is 7.29. The van der Waals surface area contributed by atoms with E-state index in [2.05, 4.69) is 11.8 Å². The number of rotatable bonds is 4. The molecule has 2 fully saturated rings. The van der Waals surface area contributed by atoms with Crippen LogP contribution in [0.4, 0.5) is 0 Å². The number of carbonyl (C=O) groups excluding carboxylic acids is 1. The Kier molecular flexibility index (Phi) is 3.62. The van der Waals surface area contributed by atoms with Gasteiger partial charge in [-0.05, 0) is 25.8 Å². The van der Waals surface area contributed by atoms with Gasteiger partial charge in [-0.3, -0.25) is 9.69 Å². The number of likely N-dealkylation sites (tertiary alicyclic amines) is 1. The number of esters is 1. The van der Waals surface area contributed by atoms with E-state index < -0.39 is 0 Å². The summed E-state index contributed by atoms with van der Waals surface area (Å²) in [5, 5.41) is 0. The van der Waals surface area contributed by atoms with Gasteiger partial charge in [-0.2, -0.15) is 0 Å². The molecule has 0 aromatic rings. The van der Waals surface area contributed by atoms with Gasteiger partial charge >= 0.3 is 5.97 Å². The highest BCUT2D eigenvalue weighted by molar-refractivity contribution is 5.73. The van der Waals surface area contributed by atoms with E-state index in [1.165, 1.54) is 19.3 Å². The molecule has 0 aromatic carbocycles.